The fourth-order valence-electron chi connectivity index (χ4n) is 0. The van der Waals surface area contributed by atoms with Crippen LogP contribution in [0.2, 0.25) is 0 Å². The summed E-state index contributed by atoms with van der Waals surface area (Å²) in [6.07, 6.45) is 0. The number of rotatable bonds is 0. The Hall–Kier alpha value is 5.52. The van der Waals surface area contributed by atoms with Crippen molar-refractivity contribution in [3.05, 3.63) is 0 Å². The van der Waals surface area contributed by atoms with E-state index >= 15 is 0 Å². The third-order valence-electron chi connectivity index (χ3n) is 0. The molecule has 0 aromatic carbocycles. The van der Waals surface area contributed by atoms with Gasteiger partial charge in [0.05, 0.1) is 0 Å². The summed E-state index contributed by atoms with van der Waals surface area (Å²) in [4.78, 5) is 103. The Morgan fingerprint density at radius 1 is 0.263 bits per heavy atom. The van der Waals surface area contributed by atoms with Gasteiger partial charge in [-0.1, -0.05) is 0 Å². The van der Waals surface area contributed by atoms with Crippen LogP contribution in [0.15, 0.2) is 0 Å². The van der Waals surface area contributed by atoms with Gasteiger partial charge in [-0.2, -0.15) is 0 Å². The molecule has 0 spiro atoms. The number of hydrogen-bond acceptors (Lipinski definition) is 12. The van der Waals surface area contributed by atoms with Crippen molar-refractivity contribution in [2.24, 2.45) is 0 Å². The molecular formula is O12Pm4Si3-12. The molecule has 0 unspecified atom stereocenters. The van der Waals surface area contributed by atoms with Crippen LogP contribution >= 0.6 is 0 Å². The molecule has 116 valence electrons. The Balaban J connectivity index is -0.0000000206. The molecule has 19 heavy (non-hydrogen) atoms. The minimum atomic E-state index is -5.61. The first-order valence-electron chi connectivity index (χ1n) is 2.45. The summed E-state index contributed by atoms with van der Waals surface area (Å²) in [5, 5.41) is 0. The van der Waals surface area contributed by atoms with E-state index in [2.05, 4.69) is 0 Å². The maximum atomic E-state index is 8.58. The zero-order valence-electron chi connectivity index (χ0n) is 8.19. The Bertz CT molecular complexity index is 100.0. The van der Waals surface area contributed by atoms with E-state index in [0.717, 1.165) is 0 Å². The molecule has 0 aliphatic heterocycles. The van der Waals surface area contributed by atoms with Crippen LogP contribution in [0, 0.1) is 162 Å². The first-order valence-corrected chi connectivity index (χ1v) is 7.35. The Morgan fingerprint density at radius 3 is 0.263 bits per heavy atom. The maximum Gasteiger partial charge on any atom is 0 e. The molecule has 4 radical (unpaired) electrons. The second-order valence-electron chi connectivity index (χ2n) is 1.50. The summed E-state index contributed by atoms with van der Waals surface area (Å²) >= 11 is 0. The Kier molecular flexibility index (Phi) is 50.2. The largest absolute Gasteiger partial charge is 0.894 e. The van der Waals surface area contributed by atoms with Gasteiger partial charge in [-0.15, -0.1) is 0 Å². The summed E-state index contributed by atoms with van der Waals surface area (Å²) < 4.78 is 0. The van der Waals surface area contributed by atoms with Gasteiger partial charge >= 0.3 is 0 Å². The van der Waals surface area contributed by atoms with Gasteiger partial charge in [-0.05, 0) is 0 Å². The molecule has 0 bridgehead atoms. The SMILES string of the molecule is [O-][Si]([O-])([O-])[O-].[O-][Si]([O-])([O-])[O-].[O-][Si]([O-])([O-])[O-].[Pm].[Pm].[Pm].[Pm]. The molecule has 0 saturated carbocycles. The van der Waals surface area contributed by atoms with E-state index in [1.54, 1.807) is 0 Å². The molecular weight excluding hydrogens is 856 g/mol. The van der Waals surface area contributed by atoms with Crippen LogP contribution in [-0.4, -0.2) is 27.1 Å². The fraction of sp³-hybridized carbons (Fsp3) is 0. The van der Waals surface area contributed by atoms with Crippen LogP contribution < -0.4 is 57.5 Å². The van der Waals surface area contributed by atoms with Crippen molar-refractivity contribution < 1.29 is 219 Å². The van der Waals surface area contributed by atoms with E-state index in [-0.39, 0.29) is 162 Å². The molecule has 0 atom stereocenters. The Labute approximate surface area is 240 Å². The van der Waals surface area contributed by atoms with Crippen molar-refractivity contribution in [1.29, 1.82) is 0 Å². The van der Waals surface area contributed by atoms with Crippen molar-refractivity contribution in [2.75, 3.05) is 0 Å². The molecule has 0 saturated heterocycles. The van der Waals surface area contributed by atoms with Crippen LogP contribution in [0.5, 0.6) is 0 Å². The molecule has 0 N–H and O–H groups in total. The van der Waals surface area contributed by atoms with E-state index in [1.807, 2.05) is 0 Å². The average molecular weight is 856 g/mol. The second-order valence-corrected chi connectivity index (χ2v) is 4.50. The minimum Gasteiger partial charge on any atom is -0.894 e. The molecule has 0 amide bonds. The quantitative estimate of drug-likeness (QED) is 0.206. The zero-order valence-corrected chi connectivity index (χ0v) is 22.7. The van der Waals surface area contributed by atoms with Crippen LogP contribution in [0.25, 0.3) is 0 Å². The van der Waals surface area contributed by atoms with E-state index in [1.165, 1.54) is 0 Å². The van der Waals surface area contributed by atoms with Crippen molar-refractivity contribution in [2.45, 2.75) is 0 Å². The normalized spacial score (nSPS) is 9.47. The Morgan fingerprint density at radius 2 is 0.263 bits per heavy atom. The summed E-state index contributed by atoms with van der Waals surface area (Å²) in [6, 6.07) is 0. The smallest absolute Gasteiger partial charge is 0 e. The van der Waals surface area contributed by atoms with Crippen molar-refractivity contribution in [3.8, 4) is 0 Å². The van der Waals surface area contributed by atoms with E-state index < -0.39 is 27.1 Å². The summed E-state index contributed by atoms with van der Waals surface area (Å²) in [5.41, 5.74) is 0. The molecule has 0 heterocycles. The topological polar surface area (TPSA) is 277 Å². The van der Waals surface area contributed by atoms with E-state index in [9.17, 15) is 0 Å². The third-order valence-corrected chi connectivity index (χ3v) is 0. The zero-order chi connectivity index (χ0) is 13.5. The van der Waals surface area contributed by atoms with Crippen molar-refractivity contribution in [1.82, 2.24) is 0 Å². The van der Waals surface area contributed by atoms with Gasteiger partial charge in [-0.25, -0.2) is 0 Å². The van der Waals surface area contributed by atoms with Gasteiger partial charge in [0.15, 0.2) is 0 Å². The summed E-state index contributed by atoms with van der Waals surface area (Å²) in [6.45, 7) is 0. The summed E-state index contributed by atoms with van der Waals surface area (Å²) in [5.74, 6) is 0. The maximum absolute atomic E-state index is 8.58. The third kappa shape index (κ3) is 357. The van der Waals surface area contributed by atoms with Gasteiger partial charge in [0.1, 0.15) is 0 Å². The predicted molar refractivity (Wildman–Crippen MR) is 17.3 cm³/mol. The monoisotopic (exact) mass is 856 g/mol. The molecule has 0 aliphatic carbocycles. The second kappa shape index (κ2) is 21.6. The van der Waals surface area contributed by atoms with Gasteiger partial charge in [-0.3, -0.25) is 0 Å². The summed E-state index contributed by atoms with van der Waals surface area (Å²) in [7, 11) is -16.8. The van der Waals surface area contributed by atoms with Crippen molar-refractivity contribution in [3.63, 3.8) is 0 Å². The van der Waals surface area contributed by atoms with Gasteiger partial charge in [0.2, 0.25) is 0 Å². The molecule has 0 aromatic rings. The molecule has 0 aliphatic rings. The molecule has 12 nitrogen and oxygen atoms in total. The minimum absolute atomic E-state index is 0. The van der Waals surface area contributed by atoms with Crippen LogP contribution in [0.4, 0.5) is 0 Å². The predicted octanol–water partition coefficient (Wildman–Crippen LogP) is -15.4. The van der Waals surface area contributed by atoms with Gasteiger partial charge < -0.3 is 84.7 Å². The molecule has 0 aromatic heterocycles. The first kappa shape index (κ1) is 44.2. The van der Waals surface area contributed by atoms with E-state index in [4.69, 9.17) is 57.5 Å². The van der Waals surface area contributed by atoms with Crippen molar-refractivity contribution >= 4 is 27.1 Å². The van der Waals surface area contributed by atoms with Crippen LogP contribution in [0.1, 0.15) is 0 Å². The molecule has 19 heteroatoms. The van der Waals surface area contributed by atoms with Gasteiger partial charge in [0.25, 0.3) is 0 Å². The molecule has 0 rings (SSSR count). The van der Waals surface area contributed by atoms with Gasteiger partial charge in [0, 0.05) is 162 Å². The molecule has 0 fully saturated rings. The van der Waals surface area contributed by atoms with Crippen LogP contribution in [-0.2, 0) is 0 Å². The average Bonchev–Trinajstić information content (AvgIpc) is 1.41. The number of hydrogen-bond donors (Lipinski definition) is 0. The first-order chi connectivity index (χ1) is 6.00. The van der Waals surface area contributed by atoms with Crippen LogP contribution in [0.3, 0.4) is 0 Å². The van der Waals surface area contributed by atoms with E-state index in [0.29, 0.717) is 0 Å². The fourth-order valence-corrected chi connectivity index (χ4v) is 0. The standard InChI is InChI=1S/3O4Si.4Pm/c3*1-5(2,3)4;;;;/q3*-4;;;;.